The minimum absolute atomic E-state index is 0.0367. The Morgan fingerprint density at radius 3 is 2.45 bits per heavy atom. The third-order valence-electron chi connectivity index (χ3n) is 4.78. The first-order chi connectivity index (χ1) is 14.9. The van der Waals surface area contributed by atoms with E-state index in [0.717, 1.165) is 22.4 Å². The van der Waals surface area contributed by atoms with Crippen molar-refractivity contribution in [2.75, 3.05) is 5.32 Å². The maximum absolute atomic E-state index is 12.8. The van der Waals surface area contributed by atoms with Crippen molar-refractivity contribution in [3.63, 3.8) is 0 Å². The van der Waals surface area contributed by atoms with E-state index in [1.54, 1.807) is 10.7 Å². The molecule has 0 unspecified atom stereocenters. The lowest BCUT2D eigenvalue weighted by Gasteiger charge is -2.08. The molecular weight excluding hydrogens is 394 g/mol. The van der Waals surface area contributed by atoms with Gasteiger partial charge in [0, 0.05) is 23.4 Å². The van der Waals surface area contributed by atoms with E-state index >= 15 is 0 Å². The number of nitro groups is 1. The van der Waals surface area contributed by atoms with Gasteiger partial charge in [-0.1, -0.05) is 54.1 Å². The Hall–Kier alpha value is -4.33. The highest BCUT2D eigenvalue weighted by atomic mass is 16.6. The number of nitrogens with zero attached hydrogens (tertiary/aromatic N) is 4. The van der Waals surface area contributed by atoms with Gasteiger partial charge in [0.05, 0.1) is 10.6 Å². The lowest BCUT2D eigenvalue weighted by atomic mass is 10.1. The van der Waals surface area contributed by atoms with E-state index in [4.69, 9.17) is 0 Å². The maximum Gasteiger partial charge on any atom is 0.295 e. The van der Waals surface area contributed by atoms with Crippen LogP contribution in [0.1, 0.15) is 21.7 Å². The number of para-hydroxylation sites is 1. The van der Waals surface area contributed by atoms with Gasteiger partial charge in [0.25, 0.3) is 11.6 Å². The number of hydrogen-bond donors (Lipinski definition) is 1. The number of hydrogen-bond acceptors (Lipinski definition) is 5. The van der Waals surface area contributed by atoms with Crippen LogP contribution in [0.2, 0.25) is 0 Å². The molecule has 0 bridgehead atoms. The Morgan fingerprint density at radius 2 is 1.74 bits per heavy atom. The van der Waals surface area contributed by atoms with Gasteiger partial charge in [0.1, 0.15) is 0 Å². The van der Waals surface area contributed by atoms with E-state index in [9.17, 15) is 14.9 Å². The lowest BCUT2D eigenvalue weighted by Crippen LogP contribution is -2.14. The van der Waals surface area contributed by atoms with Gasteiger partial charge in [-0.3, -0.25) is 14.9 Å². The highest BCUT2D eigenvalue weighted by Gasteiger charge is 2.20. The summed E-state index contributed by atoms with van der Waals surface area (Å²) in [7, 11) is 0. The van der Waals surface area contributed by atoms with Crippen LogP contribution in [0.15, 0.2) is 72.8 Å². The lowest BCUT2D eigenvalue weighted by molar-refractivity contribution is -0.384. The second-order valence-corrected chi connectivity index (χ2v) is 7.08. The zero-order chi connectivity index (χ0) is 22.0. The molecule has 3 aromatic carbocycles. The Bertz CT molecular complexity index is 1280. The number of aryl methyl sites for hydroxylation is 2. The summed E-state index contributed by atoms with van der Waals surface area (Å²) in [6, 6.07) is 21.2. The fraction of sp³-hybridized carbons (Fsp3) is 0.0870. The molecule has 0 aliphatic rings. The molecule has 0 saturated carbocycles. The van der Waals surface area contributed by atoms with Crippen LogP contribution in [0.25, 0.3) is 17.1 Å². The van der Waals surface area contributed by atoms with Gasteiger partial charge in [-0.25, -0.2) is 9.67 Å². The predicted octanol–water partition coefficient (Wildman–Crippen LogP) is 4.71. The fourth-order valence-electron chi connectivity index (χ4n) is 3.15. The van der Waals surface area contributed by atoms with Crippen LogP contribution in [0.5, 0.6) is 0 Å². The number of carbonyl (C=O) groups excluding carboxylic acids is 1. The summed E-state index contributed by atoms with van der Waals surface area (Å²) in [4.78, 5) is 27.8. The zero-order valence-corrected chi connectivity index (χ0v) is 16.9. The van der Waals surface area contributed by atoms with Gasteiger partial charge < -0.3 is 5.32 Å². The number of anilines is 1. The molecule has 0 spiro atoms. The molecule has 1 aromatic heterocycles. The second kappa shape index (κ2) is 8.19. The third-order valence-corrected chi connectivity index (χ3v) is 4.78. The van der Waals surface area contributed by atoms with Crippen LogP contribution in [-0.2, 0) is 0 Å². The number of nitro benzene ring substituents is 1. The Labute approximate surface area is 178 Å². The first kappa shape index (κ1) is 20.0. The van der Waals surface area contributed by atoms with Gasteiger partial charge in [-0.05, 0) is 31.5 Å². The maximum atomic E-state index is 12.8. The summed E-state index contributed by atoms with van der Waals surface area (Å²) < 4.78 is 1.64. The minimum atomic E-state index is -0.554. The molecule has 0 aliphatic carbocycles. The van der Waals surface area contributed by atoms with Crippen molar-refractivity contribution in [1.29, 1.82) is 0 Å². The summed E-state index contributed by atoms with van der Waals surface area (Å²) in [5, 5.41) is 18.1. The number of non-ortho nitro benzene ring substituents is 1. The van der Waals surface area contributed by atoms with Crippen molar-refractivity contribution in [2.24, 2.45) is 0 Å². The van der Waals surface area contributed by atoms with Gasteiger partial charge in [-0.2, -0.15) is 0 Å². The largest absolute Gasteiger partial charge is 0.319 e. The molecule has 0 fully saturated rings. The van der Waals surface area contributed by atoms with E-state index < -0.39 is 10.8 Å². The van der Waals surface area contributed by atoms with Crippen LogP contribution in [0.4, 0.5) is 11.4 Å². The third kappa shape index (κ3) is 4.18. The number of amides is 1. The molecule has 0 radical (unpaired) electrons. The van der Waals surface area contributed by atoms with Gasteiger partial charge >= 0.3 is 0 Å². The second-order valence-electron chi connectivity index (χ2n) is 7.08. The molecule has 1 N–H and O–H groups in total. The summed E-state index contributed by atoms with van der Waals surface area (Å²) in [6.07, 6.45) is 0. The van der Waals surface area contributed by atoms with Crippen LogP contribution < -0.4 is 5.32 Å². The van der Waals surface area contributed by atoms with Crippen molar-refractivity contribution >= 4 is 17.3 Å². The quantitative estimate of drug-likeness (QED) is 0.377. The summed E-state index contributed by atoms with van der Waals surface area (Å²) in [6.45, 7) is 3.95. The van der Waals surface area contributed by atoms with Gasteiger partial charge in [0.15, 0.2) is 5.82 Å². The molecule has 4 rings (SSSR count). The molecular formula is C23H19N5O3. The molecule has 0 aliphatic heterocycles. The minimum Gasteiger partial charge on any atom is -0.319 e. The molecule has 0 saturated heterocycles. The zero-order valence-electron chi connectivity index (χ0n) is 16.9. The highest BCUT2D eigenvalue weighted by molar-refractivity contribution is 6.02. The van der Waals surface area contributed by atoms with Crippen molar-refractivity contribution < 1.29 is 9.72 Å². The first-order valence-electron chi connectivity index (χ1n) is 9.58. The van der Waals surface area contributed by atoms with E-state index in [-0.39, 0.29) is 11.5 Å². The van der Waals surface area contributed by atoms with Gasteiger partial charge in [0.2, 0.25) is 5.82 Å². The number of carbonyl (C=O) groups is 1. The molecule has 4 aromatic rings. The standard InChI is InChI=1S/C23H19N5O3/c1-15-10-12-17(13-11-15)22-25-21(26-27(22)20-9-4-3-6-16(20)2)23(29)24-18-7-5-8-19(14-18)28(30)31/h3-14H,1-2H3,(H,24,29). The highest BCUT2D eigenvalue weighted by Crippen LogP contribution is 2.24. The van der Waals surface area contributed by atoms with Gasteiger partial charge in [-0.15, -0.1) is 5.10 Å². The summed E-state index contributed by atoms with van der Waals surface area (Å²) >= 11 is 0. The number of rotatable bonds is 5. The monoisotopic (exact) mass is 413 g/mol. The topological polar surface area (TPSA) is 103 Å². The first-order valence-corrected chi connectivity index (χ1v) is 9.58. The molecule has 8 heteroatoms. The van der Waals surface area contributed by atoms with Crippen molar-refractivity contribution in [1.82, 2.24) is 14.8 Å². The SMILES string of the molecule is Cc1ccc(-c2nc(C(=O)Nc3cccc([N+](=O)[O-])c3)nn2-c2ccccc2C)cc1. The van der Waals surface area contributed by atoms with Crippen LogP contribution in [0.3, 0.4) is 0 Å². The van der Waals surface area contributed by atoms with E-state index in [1.165, 1.54) is 18.2 Å². The Balaban J connectivity index is 1.75. The smallest absolute Gasteiger partial charge is 0.295 e. The molecule has 1 amide bonds. The van der Waals surface area contributed by atoms with Crippen LogP contribution in [-0.4, -0.2) is 25.6 Å². The van der Waals surface area contributed by atoms with E-state index in [2.05, 4.69) is 15.4 Å². The van der Waals surface area contributed by atoms with Crippen molar-refractivity contribution in [3.05, 3.63) is 99.9 Å². The molecule has 154 valence electrons. The average molecular weight is 413 g/mol. The molecule has 0 atom stereocenters. The fourth-order valence-corrected chi connectivity index (χ4v) is 3.15. The molecule has 1 heterocycles. The van der Waals surface area contributed by atoms with Crippen LogP contribution >= 0.6 is 0 Å². The number of aromatic nitrogens is 3. The Morgan fingerprint density at radius 1 is 1.00 bits per heavy atom. The summed E-state index contributed by atoms with van der Waals surface area (Å²) in [5.41, 5.74) is 3.89. The van der Waals surface area contributed by atoms with Crippen molar-refractivity contribution in [3.8, 4) is 17.1 Å². The van der Waals surface area contributed by atoms with E-state index in [0.29, 0.717) is 11.5 Å². The van der Waals surface area contributed by atoms with E-state index in [1.807, 2.05) is 62.4 Å². The summed E-state index contributed by atoms with van der Waals surface area (Å²) in [5.74, 6) is -0.0648. The number of benzene rings is 3. The molecule has 8 nitrogen and oxygen atoms in total. The average Bonchev–Trinajstić information content (AvgIpc) is 3.20. The molecule has 31 heavy (non-hydrogen) atoms. The normalized spacial score (nSPS) is 10.6. The predicted molar refractivity (Wildman–Crippen MR) is 117 cm³/mol. The number of nitrogens with one attached hydrogen (secondary N) is 1. The van der Waals surface area contributed by atoms with Crippen LogP contribution in [0, 0.1) is 24.0 Å². The van der Waals surface area contributed by atoms with Crippen molar-refractivity contribution in [2.45, 2.75) is 13.8 Å². The Kier molecular flexibility index (Phi) is 5.28.